The highest BCUT2D eigenvalue weighted by Crippen LogP contribution is 2.16. The zero-order chi connectivity index (χ0) is 11.5. The second-order valence-electron chi connectivity index (χ2n) is 3.70. The van der Waals surface area contributed by atoms with Crippen LogP contribution in [0.1, 0.15) is 6.92 Å². The Labute approximate surface area is 90.3 Å². The topological polar surface area (TPSA) is 66.8 Å². The van der Waals surface area contributed by atoms with Crippen molar-refractivity contribution in [3.63, 3.8) is 0 Å². The van der Waals surface area contributed by atoms with Crippen molar-refractivity contribution in [2.45, 2.75) is 6.92 Å². The number of hydrogen-bond donors (Lipinski definition) is 1. The van der Waals surface area contributed by atoms with Crippen LogP contribution in [-0.2, 0) is 14.6 Å². The van der Waals surface area contributed by atoms with Gasteiger partial charge >= 0.3 is 10.4 Å². The highest BCUT2D eigenvalue weighted by molar-refractivity contribution is 7.80. The largest absolute Gasteiger partial charge is 0.397 e. The predicted molar refractivity (Wildman–Crippen MR) is 54.9 cm³/mol. The summed E-state index contributed by atoms with van der Waals surface area (Å²) in [4.78, 5) is 2.02. The molecular weight excluding hydrogens is 220 g/mol. The molecule has 0 saturated heterocycles. The Hall–Kier alpha value is -0.630. The Morgan fingerprint density at radius 2 is 2.27 bits per heavy atom. The predicted octanol–water partition coefficient (Wildman–Crippen LogP) is 0.0166. The molecule has 0 amide bonds. The van der Waals surface area contributed by atoms with E-state index in [-0.39, 0.29) is 6.61 Å². The van der Waals surface area contributed by atoms with E-state index >= 15 is 0 Å². The minimum atomic E-state index is -4.31. The molecule has 0 aromatic rings. The fourth-order valence-corrected chi connectivity index (χ4v) is 1.91. The maximum Gasteiger partial charge on any atom is 0.397 e. The Balaban J connectivity index is 2.46. The molecule has 0 aromatic heterocycles. The van der Waals surface area contributed by atoms with Gasteiger partial charge in [-0.1, -0.05) is 0 Å². The normalized spacial score (nSPS) is 26.2. The Morgan fingerprint density at radius 3 is 2.67 bits per heavy atom. The van der Waals surface area contributed by atoms with Crippen molar-refractivity contribution in [1.29, 1.82) is 0 Å². The van der Waals surface area contributed by atoms with Gasteiger partial charge in [-0.05, 0) is 6.92 Å². The summed E-state index contributed by atoms with van der Waals surface area (Å²) in [6, 6.07) is 0. The lowest BCUT2D eigenvalue weighted by atomic mass is 10.4. The van der Waals surface area contributed by atoms with Gasteiger partial charge in [0.05, 0.1) is 12.7 Å². The summed E-state index contributed by atoms with van der Waals surface area (Å²) in [5, 5.41) is 0. The third-order valence-corrected chi connectivity index (χ3v) is 3.01. The van der Waals surface area contributed by atoms with E-state index < -0.39 is 10.4 Å². The van der Waals surface area contributed by atoms with E-state index in [1.54, 1.807) is 0 Å². The lowest BCUT2D eigenvalue weighted by molar-refractivity contribution is -0.879. The molecule has 0 saturated carbocycles. The summed E-state index contributed by atoms with van der Waals surface area (Å²) in [5.41, 5.74) is 0. The lowest BCUT2D eigenvalue weighted by Gasteiger charge is -2.30. The number of nitrogens with zero attached hydrogens (tertiary/aromatic N) is 2. The lowest BCUT2D eigenvalue weighted by Crippen LogP contribution is -2.46. The van der Waals surface area contributed by atoms with Crippen LogP contribution in [-0.4, -0.2) is 55.8 Å². The van der Waals surface area contributed by atoms with Gasteiger partial charge in [0.15, 0.2) is 6.67 Å². The Kier molecular flexibility index (Phi) is 3.72. The SMILES string of the molecule is CC[N+]1(CCOS(=O)(=O)O)C=CN(C)C1. The molecule has 6 nitrogen and oxygen atoms in total. The van der Waals surface area contributed by atoms with Crippen LogP contribution in [0.2, 0.25) is 0 Å². The first kappa shape index (κ1) is 12.4. The van der Waals surface area contributed by atoms with Crippen LogP contribution in [0.15, 0.2) is 12.4 Å². The number of hydrogen-bond acceptors (Lipinski definition) is 4. The molecular formula is C8H17N2O4S+. The van der Waals surface area contributed by atoms with Gasteiger partial charge in [-0.15, -0.1) is 0 Å². The van der Waals surface area contributed by atoms with Crippen molar-refractivity contribution in [2.75, 3.05) is 33.4 Å². The Bertz CT molecular complexity index is 341. The molecule has 0 aliphatic carbocycles. The molecule has 15 heavy (non-hydrogen) atoms. The monoisotopic (exact) mass is 237 g/mol. The summed E-state index contributed by atoms with van der Waals surface area (Å²) < 4.78 is 34.1. The fourth-order valence-electron chi connectivity index (χ4n) is 1.63. The van der Waals surface area contributed by atoms with Crippen molar-refractivity contribution in [3.8, 4) is 0 Å². The van der Waals surface area contributed by atoms with Crippen molar-refractivity contribution in [1.82, 2.24) is 4.90 Å². The van der Waals surface area contributed by atoms with Gasteiger partial charge in [0, 0.05) is 7.05 Å². The molecule has 1 aliphatic rings. The third kappa shape index (κ3) is 3.78. The minimum absolute atomic E-state index is 0.00907. The summed E-state index contributed by atoms with van der Waals surface area (Å²) in [6.45, 7) is 4.19. The number of likely N-dealkylation sites (N-methyl/N-ethyl adjacent to an activating group) is 1. The maximum atomic E-state index is 10.4. The van der Waals surface area contributed by atoms with Gasteiger partial charge in [0.2, 0.25) is 0 Å². The first-order valence-electron chi connectivity index (χ1n) is 4.74. The van der Waals surface area contributed by atoms with Crippen LogP contribution in [0.3, 0.4) is 0 Å². The van der Waals surface area contributed by atoms with Crippen LogP contribution >= 0.6 is 0 Å². The maximum absolute atomic E-state index is 10.4. The molecule has 0 radical (unpaired) electrons. The average molecular weight is 237 g/mol. The molecule has 1 heterocycles. The quantitative estimate of drug-likeness (QED) is 0.539. The molecule has 88 valence electrons. The van der Waals surface area contributed by atoms with Gasteiger partial charge in [-0.2, -0.15) is 8.42 Å². The first-order valence-corrected chi connectivity index (χ1v) is 6.11. The number of quaternary nitrogens is 1. The van der Waals surface area contributed by atoms with Crippen LogP contribution in [0, 0.1) is 0 Å². The summed E-state index contributed by atoms with van der Waals surface area (Å²) >= 11 is 0. The van der Waals surface area contributed by atoms with Gasteiger partial charge in [-0.25, -0.2) is 4.18 Å². The average Bonchev–Trinajstić information content (AvgIpc) is 2.46. The van der Waals surface area contributed by atoms with Crippen molar-refractivity contribution < 1.29 is 21.6 Å². The molecule has 1 atom stereocenters. The van der Waals surface area contributed by atoms with Crippen LogP contribution < -0.4 is 0 Å². The van der Waals surface area contributed by atoms with Crippen molar-refractivity contribution >= 4 is 10.4 Å². The molecule has 1 N–H and O–H groups in total. The van der Waals surface area contributed by atoms with E-state index in [1.807, 2.05) is 31.3 Å². The molecule has 0 bridgehead atoms. The summed E-state index contributed by atoms with van der Waals surface area (Å²) in [6.07, 6.45) is 3.96. The molecule has 1 unspecified atom stereocenters. The van der Waals surface area contributed by atoms with E-state index in [0.717, 1.165) is 13.2 Å². The van der Waals surface area contributed by atoms with Crippen molar-refractivity contribution in [2.24, 2.45) is 0 Å². The molecule has 7 heteroatoms. The van der Waals surface area contributed by atoms with E-state index in [4.69, 9.17) is 4.55 Å². The second-order valence-corrected chi connectivity index (χ2v) is 4.80. The zero-order valence-electron chi connectivity index (χ0n) is 8.96. The number of rotatable bonds is 5. The van der Waals surface area contributed by atoms with Crippen molar-refractivity contribution in [3.05, 3.63) is 12.4 Å². The molecule has 0 spiro atoms. The van der Waals surface area contributed by atoms with Crippen LogP contribution in [0.4, 0.5) is 0 Å². The molecule has 0 aromatic carbocycles. The molecule has 0 fully saturated rings. The summed E-state index contributed by atoms with van der Waals surface area (Å²) in [5.74, 6) is 0. The first-order chi connectivity index (χ1) is 6.87. The highest BCUT2D eigenvalue weighted by Gasteiger charge is 2.29. The standard InChI is InChI=1S/C8H16N2O4S/c1-3-10(5-4-9(2)8-10)6-7-14-15(11,12)13/h4-5H,3,6-8H2,1-2H3/p+1. The minimum Gasteiger partial charge on any atom is -0.329 e. The van der Waals surface area contributed by atoms with Gasteiger partial charge in [0.25, 0.3) is 0 Å². The zero-order valence-corrected chi connectivity index (χ0v) is 9.77. The van der Waals surface area contributed by atoms with E-state index in [2.05, 4.69) is 4.18 Å². The molecule has 1 rings (SSSR count). The van der Waals surface area contributed by atoms with E-state index in [1.165, 1.54) is 0 Å². The van der Waals surface area contributed by atoms with Gasteiger partial charge < -0.3 is 4.90 Å². The summed E-state index contributed by atoms with van der Waals surface area (Å²) in [7, 11) is -2.36. The third-order valence-electron chi connectivity index (χ3n) is 2.54. The van der Waals surface area contributed by atoms with Gasteiger partial charge in [0.1, 0.15) is 19.4 Å². The highest BCUT2D eigenvalue weighted by atomic mass is 32.3. The smallest absolute Gasteiger partial charge is 0.329 e. The van der Waals surface area contributed by atoms with E-state index in [0.29, 0.717) is 11.0 Å². The van der Waals surface area contributed by atoms with Crippen LogP contribution in [0.5, 0.6) is 0 Å². The van der Waals surface area contributed by atoms with Crippen LogP contribution in [0.25, 0.3) is 0 Å². The van der Waals surface area contributed by atoms with Gasteiger partial charge in [-0.3, -0.25) is 9.04 Å². The Morgan fingerprint density at radius 1 is 1.60 bits per heavy atom. The second kappa shape index (κ2) is 4.48. The molecule has 1 aliphatic heterocycles. The fraction of sp³-hybridized carbons (Fsp3) is 0.750. The van der Waals surface area contributed by atoms with E-state index in [9.17, 15) is 8.42 Å².